The third-order valence-electron chi connectivity index (χ3n) is 4.24. The number of para-hydroxylation sites is 1. The molecule has 6 nitrogen and oxygen atoms in total. The summed E-state index contributed by atoms with van der Waals surface area (Å²) in [7, 11) is 1.60. The Kier molecular flexibility index (Phi) is 6.95. The van der Waals surface area contributed by atoms with Crippen molar-refractivity contribution in [1.29, 1.82) is 0 Å². The van der Waals surface area contributed by atoms with E-state index in [4.69, 9.17) is 0 Å². The number of alkyl halides is 3. The molecular formula is C21H22F3N5O. The lowest BCUT2D eigenvalue weighted by molar-refractivity contribution is -0.274. The summed E-state index contributed by atoms with van der Waals surface area (Å²) in [6.45, 7) is 1.36. The zero-order valence-electron chi connectivity index (χ0n) is 16.4. The quantitative estimate of drug-likeness (QED) is 0.455. The second-order valence-electron chi connectivity index (χ2n) is 6.49. The normalized spacial score (nSPS) is 11.9. The molecular weight excluding hydrogens is 395 g/mol. The van der Waals surface area contributed by atoms with E-state index in [9.17, 15) is 13.2 Å². The fraction of sp³-hybridized carbons (Fsp3) is 0.238. The van der Waals surface area contributed by atoms with Gasteiger partial charge in [-0.2, -0.15) is 0 Å². The first-order valence-corrected chi connectivity index (χ1v) is 9.24. The van der Waals surface area contributed by atoms with Crippen LogP contribution >= 0.6 is 0 Å². The standard InChI is InChI=1S/C21H22F3N5O/c1-25-20(28-13-18-7-2-3-8-19(18)30-21(22,23)24)27-12-16-5-4-6-17(11-16)14-29-10-9-26-15-29/h2-11,15H,12-14H2,1H3,(H2,25,27,28). The van der Waals surface area contributed by atoms with Crippen LogP contribution in [0.25, 0.3) is 0 Å². The predicted molar refractivity (Wildman–Crippen MR) is 108 cm³/mol. The molecule has 9 heteroatoms. The molecule has 0 aliphatic rings. The molecule has 158 valence electrons. The lowest BCUT2D eigenvalue weighted by atomic mass is 10.1. The monoisotopic (exact) mass is 417 g/mol. The number of rotatable bonds is 7. The maximum Gasteiger partial charge on any atom is 0.573 e. The SMILES string of the molecule is CN=C(NCc1cccc(Cn2ccnc2)c1)NCc1ccccc1OC(F)(F)F. The molecule has 0 fully saturated rings. The predicted octanol–water partition coefficient (Wildman–Crippen LogP) is 3.70. The first-order valence-electron chi connectivity index (χ1n) is 9.24. The number of aliphatic imine (C=N–C) groups is 1. The molecule has 0 unspecified atom stereocenters. The largest absolute Gasteiger partial charge is 0.573 e. The van der Waals surface area contributed by atoms with Gasteiger partial charge >= 0.3 is 6.36 Å². The van der Waals surface area contributed by atoms with Crippen molar-refractivity contribution < 1.29 is 17.9 Å². The molecule has 0 atom stereocenters. The van der Waals surface area contributed by atoms with Crippen LogP contribution in [0.15, 0.2) is 72.2 Å². The number of nitrogens with one attached hydrogen (secondary N) is 2. The fourth-order valence-corrected chi connectivity index (χ4v) is 2.89. The average Bonchev–Trinajstić information content (AvgIpc) is 3.21. The number of nitrogens with zero attached hydrogens (tertiary/aromatic N) is 3. The van der Waals surface area contributed by atoms with Gasteiger partial charge in [-0.25, -0.2) is 4.98 Å². The van der Waals surface area contributed by atoms with Crippen LogP contribution < -0.4 is 15.4 Å². The van der Waals surface area contributed by atoms with E-state index in [0.717, 1.165) is 17.7 Å². The topological polar surface area (TPSA) is 63.5 Å². The number of hydrogen-bond acceptors (Lipinski definition) is 3. The van der Waals surface area contributed by atoms with Gasteiger partial charge in [0.15, 0.2) is 5.96 Å². The minimum Gasteiger partial charge on any atom is -0.405 e. The molecule has 30 heavy (non-hydrogen) atoms. The van der Waals surface area contributed by atoms with Crippen molar-refractivity contribution in [3.8, 4) is 5.75 Å². The van der Waals surface area contributed by atoms with E-state index in [1.165, 1.54) is 12.1 Å². The third kappa shape index (κ3) is 6.54. The maximum atomic E-state index is 12.6. The molecule has 0 saturated carbocycles. The van der Waals surface area contributed by atoms with Crippen LogP contribution in [0.4, 0.5) is 13.2 Å². The molecule has 0 spiro atoms. The zero-order valence-corrected chi connectivity index (χ0v) is 16.4. The van der Waals surface area contributed by atoms with Gasteiger partial charge in [0.25, 0.3) is 0 Å². The molecule has 0 radical (unpaired) electrons. The molecule has 3 rings (SSSR count). The van der Waals surface area contributed by atoms with Gasteiger partial charge in [0.05, 0.1) is 6.33 Å². The molecule has 2 N–H and O–H groups in total. The number of halogens is 3. The number of guanidine groups is 1. The number of imidazole rings is 1. The smallest absolute Gasteiger partial charge is 0.405 e. The summed E-state index contributed by atoms with van der Waals surface area (Å²) in [5.74, 6) is 0.233. The van der Waals surface area contributed by atoms with E-state index in [1.807, 2.05) is 29.0 Å². The molecule has 1 aromatic heterocycles. The van der Waals surface area contributed by atoms with Gasteiger partial charge < -0.3 is 19.9 Å². The number of benzene rings is 2. The third-order valence-corrected chi connectivity index (χ3v) is 4.24. The van der Waals surface area contributed by atoms with Crippen LogP contribution in [-0.2, 0) is 19.6 Å². The lowest BCUT2D eigenvalue weighted by Crippen LogP contribution is -2.36. The molecule has 0 aliphatic carbocycles. The summed E-state index contributed by atoms with van der Waals surface area (Å²) in [6, 6.07) is 14.1. The van der Waals surface area contributed by atoms with Crippen molar-refractivity contribution in [3.05, 3.63) is 83.9 Å². The highest BCUT2D eigenvalue weighted by molar-refractivity contribution is 5.79. The minimum atomic E-state index is -4.74. The molecule has 0 saturated heterocycles. The van der Waals surface area contributed by atoms with Gasteiger partial charge in [0.2, 0.25) is 0 Å². The van der Waals surface area contributed by atoms with Crippen molar-refractivity contribution in [2.75, 3.05) is 7.05 Å². The van der Waals surface area contributed by atoms with Gasteiger partial charge in [-0.1, -0.05) is 42.5 Å². The van der Waals surface area contributed by atoms with Crippen molar-refractivity contribution in [2.24, 2.45) is 4.99 Å². The molecule has 2 aromatic carbocycles. The summed E-state index contributed by atoms with van der Waals surface area (Å²) in [5.41, 5.74) is 2.56. The Labute approximate surface area is 172 Å². The van der Waals surface area contributed by atoms with Crippen LogP contribution in [0, 0.1) is 0 Å². The Hall–Kier alpha value is -3.49. The Morgan fingerprint density at radius 1 is 1.07 bits per heavy atom. The Morgan fingerprint density at radius 2 is 1.83 bits per heavy atom. The van der Waals surface area contributed by atoms with Crippen LogP contribution in [0.3, 0.4) is 0 Å². The van der Waals surface area contributed by atoms with E-state index in [-0.39, 0.29) is 12.3 Å². The van der Waals surface area contributed by atoms with Gasteiger partial charge in [-0.3, -0.25) is 4.99 Å². The van der Waals surface area contributed by atoms with Crippen LogP contribution in [-0.4, -0.2) is 28.9 Å². The highest BCUT2D eigenvalue weighted by Gasteiger charge is 2.31. The van der Waals surface area contributed by atoms with E-state index in [1.54, 1.807) is 31.7 Å². The van der Waals surface area contributed by atoms with Crippen molar-refractivity contribution >= 4 is 5.96 Å². The Morgan fingerprint density at radius 3 is 2.57 bits per heavy atom. The zero-order chi connectivity index (χ0) is 21.4. The minimum absolute atomic E-state index is 0.132. The molecule has 3 aromatic rings. The van der Waals surface area contributed by atoms with Crippen molar-refractivity contribution in [1.82, 2.24) is 20.2 Å². The summed E-state index contributed by atoms with van der Waals surface area (Å²) in [4.78, 5) is 8.16. The summed E-state index contributed by atoms with van der Waals surface area (Å²) < 4.78 is 43.7. The average molecular weight is 417 g/mol. The highest BCUT2D eigenvalue weighted by Crippen LogP contribution is 2.26. The second-order valence-corrected chi connectivity index (χ2v) is 6.49. The van der Waals surface area contributed by atoms with E-state index < -0.39 is 6.36 Å². The molecule has 0 aliphatic heterocycles. The van der Waals surface area contributed by atoms with E-state index in [2.05, 4.69) is 31.4 Å². The first-order chi connectivity index (χ1) is 14.4. The highest BCUT2D eigenvalue weighted by atomic mass is 19.4. The van der Waals surface area contributed by atoms with Crippen LogP contribution in [0.2, 0.25) is 0 Å². The van der Waals surface area contributed by atoms with E-state index >= 15 is 0 Å². The summed E-state index contributed by atoms with van der Waals surface area (Å²) >= 11 is 0. The van der Waals surface area contributed by atoms with Gasteiger partial charge in [0.1, 0.15) is 5.75 Å². The van der Waals surface area contributed by atoms with Crippen molar-refractivity contribution in [3.63, 3.8) is 0 Å². The van der Waals surface area contributed by atoms with Gasteiger partial charge in [-0.05, 0) is 17.2 Å². The number of ether oxygens (including phenoxy) is 1. The second kappa shape index (κ2) is 9.82. The van der Waals surface area contributed by atoms with Gasteiger partial charge in [0, 0.05) is 44.6 Å². The van der Waals surface area contributed by atoms with Crippen molar-refractivity contribution in [2.45, 2.75) is 26.0 Å². The summed E-state index contributed by atoms with van der Waals surface area (Å²) in [6.07, 6.45) is 0.658. The summed E-state index contributed by atoms with van der Waals surface area (Å²) in [5, 5.41) is 6.18. The van der Waals surface area contributed by atoms with Crippen LogP contribution in [0.5, 0.6) is 5.75 Å². The molecule has 0 bridgehead atoms. The number of hydrogen-bond donors (Lipinski definition) is 2. The fourth-order valence-electron chi connectivity index (χ4n) is 2.89. The maximum absolute atomic E-state index is 12.6. The Bertz CT molecular complexity index is 971. The number of aromatic nitrogens is 2. The molecule has 1 heterocycles. The first kappa shape index (κ1) is 21.2. The van der Waals surface area contributed by atoms with Gasteiger partial charge in [-0.15, -0.1) is 13.2 Å². The van der Waals surface area contributed by atoms with Crippen LogP contribution in [0.1, 0.15) is 16.7 Å². The Balaban J connectivity index is 1.56. The van der Waals surface area contributed by atoms with E-state index in [0.29, 0.717) is 18.1 Å². The molecule has 0 amide bonds. The lowest BCUT2D eigenvalue weighted by Gasteiger charge is -2.16.